The second-order valence-electron chi connectivity index (χ2n) is 4.67. The van der Waals surface area contributed by atoms with E-state index >= 15 is 0 Å². The van der Waals surface area contributed by atoms with Gasteiger partial charge in [-0.25, -0.2) is 0 Å². The van der Waals surface area contributed by atoms with Crippen molar-refractivity contribution in [1.29, 1.82) is 0 Å². The van der Waals surface area contributed by atoms with Crippen LogP contribution in [0.5, 0.6) is 0 Å². The molecule has 0 saturated heterocycles. The zero-order chi connectivity index (χ0) is 10.6. The van der Waals surface area contributed by atoms with Gasteiger partial charge in [0.05, 0.1) is 0 Å². The van der Waals surface area contributed by atoms with Crippen molar-refractivity contribution in [3.05, 3.63) is 11.4 Å². The fourth-order valence-electron chi connectivity index (χ4n) is 1.95. The van der Waals surface area contributed by atoms with Crippen molar-refractivity contribution < 1.29 is 0 Å². The summed E-state index contributed by atoms with van der Waals surface area (Å²) >= 11 is 0. The standard InChI is InChI=1S/C13H21P/c1-4-5-6-11(2)13(3)9-7-12(14)8-10-13/h7,11H,6,8-10,14H2,1-3H3. The first kappa shape index (κ1) is 11.8. The molecule has 1 aliphatic carbocycles. The molecule has 14 heavy (non-hydrogen) atoms. The third-order valence-corrected chi connectivity index (χ3v) is 4.11. The zero-order valence-electron chi connectivity index (χ0n) is 9.56. The lowest BCUT2D eigenvalue weighted by Gasteiger charge is -2.37. The quantitative estimate of drug-likeness (QED) is 0.475. The van der Waals surface area contributed by atoms with Crippen LogP contribution in [0.25, 0.3) is 0 Å². The molecule has 0 radical (unpaired) electrons. The minimum absolute atomic E-state index is 0.476. The summed E-state index contributed by atoms with van der Waals surface area (Å²) in [5, 5.41) is 1.48. The van der Waals surface area contributed by atoms with E-state index in [0.717, 1.165) is 6.42 Å². The average molecular weight is 208 g/mol. The van der Waals surface area contributed by atoms with Crippen molar-refractivity contribution in [2.45, 2.75) is 46.5 Å². The highest BCUT2D eigenvalue weighted by Gasteiger charge is 2.31. The molecule has 78 valence electrons. The molecule has 1 aliphatic rings. The van der Waals surface area contributed by atoms with Crippen LogP contribution in [0.4, 0.5) is 0 Å². The summed E-state index contributed by atoms with van der Waals surface area (Å²) in [6.45, 7) is 6.67. The van der Waals surface area contributed by atoms with E-state index in [-0.39, 0.29) is 0 Å². The molecule has 0 nitrogen and oxygen atoms in total. The highest BCUT2D eigenvalue weighted by atomic mass is 31.0. The maximum atomic E-state index is 3.21. The van der Waals surface area contributed by atoms with Crippen LogP contribution >= 0.6 is 9.24 Å². The molecule has 0 aromatic rings. The Morgan fingerprint density at radius 3 is 2.86 bits per heavy atom. The van der Waals surface area contributed by atoms with E-state index < -0.39 is 0 Å². The normalized spacial score (nSPS) is 28.7. The van der Waals surface area contributed by atoms with Gasteiger partial charge >= 0.3 is 0 Å². The monoisotopic (exact) mass is 208 g/mol. The number of hydrogen-bond acceptors (Lipinski definition) is 0. The minimum Gasteiger partial charge on any atom is -0.110 e. The summed E-state index contributed by atoms with van der Waals surface area (Å²) in [5.74, 6) is 6.91. The molecule has 0 spiro atoms. The van der Waals surface area contributed by atoms with Gasteiger partial charge in [0, 0.05) is 6.42 Å². The maximum absolute atomic E-state index is 3.21. The molecule has 0 amide bonds. The van der Waals surface area contributed by atoms with Crippen molar-refractivity contribution in [2.24, 2.45) is 11.3 Å². The summed E-state index contributed by atoms with van der Waals surface area (Å²) in [6.07, 6.45) is 7.20. The van der Waals surface area contributed by atoms with Crippen LogP contribution in [-0.4, -0.2) is 0 Å². The van der Waals surface area contributed by atoms with Crippen LogP contribution in [0, 0.1) is 23.2 Å². The fourth-order valence-corrected chi connectivity index (χ4v) is 2.21. The number of hydrogen-bond donors (Lipinski definition) is 0. The average Bonchev–Trinajstić information content (AvgIpc) is 2.19. The van der Waals surface area contributed by atoms with Gasteiger partial charge in [0.1, 0.15) is 0 Å². The Morgan fingerprint density at radius 2 is 2.36 bits per heavy atom. The molecule has 0 fully saturated rings. The van der Waals surface area contributed by atoms with Crippen LogP contribution in [0.1, 0.15) is 46.5 Å². The van der Waals surface area contributed by atoms with Gasteiger partial charge < -0.3 is 0 Å². The largest absolute Gasteiger partial charge is 0.110 e. The number of rotatable bonds is 2. The van der Waals surface area contributed by atoms with Crippen LogP contribution in [0.3, 0.4) is 0 Å². The molecule has 0 aromatic carbocycles. The van der Waals surface area contributed by atoms with Gasteiger partial charge in [-0.15, -0.1) is 21.1 Å². The lowest BCUT2D eigenvalue weighted by molar-refractivity contribution is 0.183. The van der Waals surface area contributed by atoms with Crippen LogP contribution < -0.4 is 0 Å². The van der Waals surface area contributed by atoms with Crippen molar-refractivity contribution in [3.8, 4) is 11.8 Å². The van der Waals surface area contributed by atoms with Crippen molar-refractivity contribution in [3.63, 3.8) is 0 Å². The molecule has 3 unspecified atom stereocenters. The molecule has 0 aliphatic heterocycles. The Labute approximate surface area is 90.8 Å². The first-order valence-corrected chi connectivity index (χ1v) is 6.00. The highest BCUT2D eigenvalue weighted by molar-refractivity contribution is 7.22. The van der Waals surface area contributed by atoms with Crippen LogP contribution in [-0.2, 0) is 0 Å². The summed E-state index contributed by atoms with van der Waals surface area (Å²) in [5.41, 5.74) is 0.476. The van der Waals surface area contributed by atoms with Crippen LogP contribution in [0.2, 0.25) is 0 Å². The molecule has 1 rings (SSSR count). The highest BCUT2D eigenvalue weighted by Crippen LogP contribution is 2.43. The Morgan fingerprint density at radius 1 is 1.64 bits per heavy atom. The SMILES string of the molecule is CC#CCC(C)C1(C)CC=C(P)CC1. The zero-order valence-corrected chi connectivity index (χ0v) is 10.7. The fraction of sp³-hybridized carbons (Fsp3) is 0.692. The Balaban J connectivity index is 2.60. The van der Waals surface area contributed by atoms with Gasteiger partial charge in [0.2, 0.25) is 0 Å². The van der Waals surface area contributed by atoms with E-state index in [1.165, 1.54) is 24.6 Å². The van der Waals surface area contributed by atoms with Gasteiger partial charge in [0.25, 0.3) is 0 Å². The second kappa shape index (κ2) is 4.99. The molecule has 0 aromatic heterocycles. The Kier molecular flexibility index (Phi) is 4.21. The summed E-state index contributed by atoms with van der Waals surface area (Å²) in [4.78, 5) is 0. The van der Waals surface area contributed by atoms with E-state index in [0.29, 0.717) is 11.3 Å². The van der Waals surface area contributed by atoms with Gasteiger partial charge in [-0.2, -0.15) is 0 Å². The minimum atomic E-state index is 0.476. The smallest absolute Gasteiger partial charge is 0.0120 e. The van der Waals surface area contributed by atoms with E-state index in [1.807, 2.05) is 6.92 Å². The molecular weight excluding hydrogens is 187 g/mol. The molecule has 3 atom stereocenters. The Hall–Kier alpha value is -0.270. The molecular formula is C13H21P. The van der Waals surface area contributed by atoms with Gasteiger partial charge in [0.15, 0.2) is 0 Å². The van der Waals surface area contributed by atoms with Crippen molar-refractivity contribution in [2.75, 3.05) is 0 Å². The van der Waals surface area contributed by atoms with Gasteiger partial charge in [-0.05, 0) is 37.5 Å². The molecule has 0 heterocycles. The lowest BCUT2D eigenvalue weighted by Crippen LogP contribution is -2.26. The molecule has 0 bridgehead atoms. The summed E-state index contributed by atoms with van der Waals surface area (Å²) in [7, 11) is 2.84. The van der Waals surface area contributed by atoms with Gasteiger partial charge in [-0.1, -0.05) is 25.2 Å². The third kappa shape index (κ3) is 2.86. The first-order chi connectivity index (χ1) is 6.58. The predicted molar refractivity (Wildman–Crippen MR) is 67.0 cm³/mol. The second-order valence-corrected chi connectivity index (χ2v) is 5.41. The molecule has 1 heteroatoms. The number of allylic oxidation sites excluding steroid dienone is 2. The first-order valence-electron chi connectivity index (χ1n) is 5.42. The van der Waals surface area contributed by atoms with E-state index in [2.05, 4.69) is 41.0 Å². The van der Waals surface area contributed by atoms with Crippen LogP contribution in [0.15, 0.2) is 11.4 Å². The van der Waals surface area contributed by atoms with E-state index in [4.69, 9.17) is 0 Å². The molecule has 0 saturated carbocycles. The topological polar surface area (TPSA) is 0 Å². The summed E-state index contributed by atoms with van der Waals surface area (Å²) < 4.78 is 0. The van der Waals surface area contributed by atoms with E-state index in [9.17, 15) is 0 Å². The lowest BCUT2D eigenvalue weighted by atomic mass is 9.69. The maximum Gasteiger partial charge on any atom is 0.0120 e. The van der Waals surface area contributed by atoms with Gasteiger partial charge in [-0.3, -0.25) is 0 Å². The van der Waals surface area contributed by atoms with Crippen molar-refractivity contribution in [1.82, 2.24) is 0 Å². The Bertz CT molecular complexity index is 279. The third-order valence-electron chi connectivity index (χ3n) is 3.59. The molecule has 0 N–H and O–H groups in total. The summed E-state index contributed by atoms with van der Waals surface area (Å²) in [6, 6.07) is 0. The van der Waals surface area contributed by atoms with E-state index in [1.54, 1.807) is 0 Å². The predicted octanol–water partition coefficient (Wildman–Crippen LogP) is 3.99. The van der Waals surface area contributed by atoms with Crippen molar-refractivity contribution >= 4 is 9.24 Å².